The summed E-state index contributed by atoms with van der Waals surface area (Å²) >= 11 is 3.11. The van der Waals surface area contributed by atoms with E-state index in [0.717, 1.165) is 84.5 Å². The molecule has 15 nitrogen and oxygen atoms in total. The average Bonchev–Trinajstić information content (AvgIpc) is 4.07. The maximum atomic E-state index is 10.7. The highest BCUT2D eigenvalue weighted by Crippen LogP contribution is 2.32. The Morgan fingerprint density at radius 2 is 0.791 bits per heavy atom. The molecule has 8 aromatic rings. The van der Waals surface area contributed by atoms with Gasteiger partial charge in [-0.15, -0.1) is 23.5 Å². The number of H-pyrrole nitrogens is 2. The molecule has 2 aliphatic rings. The van der Waals surface area contributed by atoms with E-state index < -0.39 is 12.2 Å². The predicted molar refractivity (Wildman–Crippen MR) is 266 cm³/mol. The van der Waals surface area contributed by atoms with Crippen molar-refractivity contribution in [1.29, 1.82) is 0 Å². The summed E-state index contributed by atoms with van der Waals surface area (Å²) in [5, 5.41) is 38.6. The van der Waals surface area contributed by atoms with Crippen LogP contribution in [0.5, 0.6) is 0 Å². The quantitative estimate of drug-likeness (QED) is 0.0691. The number of piperazine rings is 2. The molecule has 67 heavy (non-hydrogen) atoms. The number of thioether (sulfide) groups is 2. The number of aliphatic hydroxyl groups excluding tert-OH is 2. The van der Waals surface area contributed by atoms with Gasteiger partial charge in [-0.05, 0) is 22.3 Å². The number of nitrogens with zero attached hydrogens (tertiary/aromatic N) is 10. The van der Waals surface area contributed by atoms with Crippen LogP contribution in [0, 0.1) is 0 Å². The molecule has 0 spiro atoms. The summed E-state index contributed by atoms with van der Waals surface area (Å²) in [5.41, 5.74) is 6.75. The number of aliphatic hydroxyl groups is 2. The lowest BCUT2D eigenvalue weighted by Crippen LogP contribution is -2.49. The highest BCUT2D eigenvalue weighted by Gasteiger charge is 2.29. The predicted octanol–water partition coefficient (Wildman–Crippen LogP) is 5.60. The van der Waals surface area contributed by atoms with Crippen molar-refractivity contribution in [3.63, 3.8) is 0 Å². The Labute approximate surface area is 399 Å². The molecule has 0 saturated carbocycles. The first-order valence-corrected chi connectivity index (χ1v) is 24.6. The number of nitrogens with one attached hydrogen (secondary N) is 2. The van der Waals surface area contributed by atoms with Crippen molar-refractivity contribution in [2.24, 2.45) is 0 Å². The maximum Gasteiger partial charge on any atom is 0.159 e. The number of aromatic amines is 2. The zero-order chi connectivity index (χ0) is 44.9. The summed E-state index contributed by atoms with van der Waals surface area (Å²) in [5.74, 6) is 1.18. The zero-order valence-corrected chi connectivity index (χ0v) is 39.0. The van der Waals surface area contributed by atoms with Crippen molar-refractivity contribution in [1.82, 2.24) is 59.9 Å². The van der Waals surface area contributed by atoms with Crippen LogP contribution in [-0.4, -0.2) is 165 Å². The third kappa shape index (κ3) is 12.5. The topological polar surface area (TPSA) is 194 Å². The van der Waals surface area contributed by atoms with Crippen LogP contribution >= 0.6 is 23.5 Å². The van der Waals surface area contributed by atoms with E-state index in [1.807, 2.05) is 0 Å². The molecule has 6 N–H and O–H groups in total. The molecular formula is C50H58N12O3S2. The lowest BCUT2D eigenvalue weighted by atomic mass is 9.96. The van der Waals surface area contributed by atoms with Crippen molar-refractivity contribution < 1.29 is 15.7 Å². The van der Waals surface area contributed by atoms with Crippen LogP contribution in [0.3, 0.4) is 0 Å². The summed E-state index contributed by atoms with van der Waals surface area (Å²) in [6.45, 7) is 8.98. The highest BCUT2D eigenvalue weighted by molar-refractivity contribution is 7.99. The molecule has 17 heteroatoms. The van der Waals surface area contributed by atoms with Gasteiger partial charge in [0.05, 0.1) is 47.5 Å². The average molecular weight is 939 g/mol. The monoisotopic (exact) mass is 938 g/mol. The molecule has 0 radical (unpaired) electrons. The molecule has 2 atom stereocenters. The summed E-state index contributed by atoms with van der Waals surface area (Å²) in [6.07, 6.45) is 5.70. The number of β-amino-alcohol motifs (C(OH)–C–C–N with tert-alkyl or cyclic N) is 2. The van der Waals surface area contributed by atoms with Crippen molar-refractivity contribution in [3.8, 4) is 0 Å². The van der Waals surface area contributed by atoms with Crippen LogP contribution in [-0.2, 0) is 0 Å². The van der Waals surface area contributed by atoms with Gasteiger partial charge in [-0.2, -0.15) is 10.2 Å². The lowest BCUT2D eigenvalue weighted by molar-refractivity contribution is 0.0707. The number of hydrogen-bond acceptors (Lipinski definition) is 14. The van der Waals surface area contributed by atoms with Gasteiger partial charge in [0, 0.05) is 77.0 Å². The first kappa shape index (κ1) is 47.9. The van der Waals surface area contributed by atoms with Crippen LogP contribution in [0.25, 0.3) is 22.1 Å². The number of benzene rings is 4. The van der Waals surface area contributed by atoms with Crippen molar-refractivity contribution in [2.75, 3.05) is 77.0 Å². The third-order valence-electron chi connectivity index (χ3n) is 12.2. The molecule has 0 bridgehead atoms. The Bertz CT molecular complexity index is 2410. The fourth-order valence-electron chi connectivity index (χ4n) is 8.95. The van der Waals surface area contributed by atoms with Gasteiger partial charge >= 0.3 is 0 Å². The molecule has 2 fully saturated rings. The fourth-order valence-corrected chi connectivity index (χ4v) is 10.7. The zero-order valence-electron chi connectivity index (χ0n) is 37.3. The van der Waals surface area contributed by atoms with Crippen molar-refractivity contribution in [2.45, 2.75) is 34.3 Å². The molecular weight excluding hydrogens is 881 g/mol. The fraction of sp³-hybridized carbons (Fsp3) is 0.320. The lowest BCUT2D eigenvalue weighted by Gasteiger charge is -2.40. The van der Waals surface area contributed by atoms with Gasteiger partial charge in [0.15, 0.2) is 11.3 Å². The van der Waals surface area contributed by atoms with E-state index in [4.69, 9.17) is 0 Å². The smallest absolute Gasteiger partial charge is 0.159 e. The van der Waals surface area contributed by atoms with Crippen LogP contribution in [0.15, 0.2) is 156 Å². The molecule has 4 aromatic heterocycles. The van der Waals surface area contributed by atoms with Gasteiger partial charge in [-0.1, -0.05) is 121 Å². The van der Waals surface area contributed by atoms with Gasteiger partial charge < -0.3 is 15.7 Å². The maximum absolute atomic E-state index is 10.7. The SMILES string of the molecule is O.OC(CSc1ncnc2[nH]ncc12)CN1CCN(C(c2ccccc2)c2ccccc2)CC1.OC(CSc1ncnc2[nH]ncc12)CN1CCN(C(c2ccccc2)c2ccccc2)CC1. The Kier molecular flexibility index (Phi) is 17.1. The Morgan fingerprint density at radius 1 is 0.463 bits per heavy atom. The molecule has 2 unspecified atom stereocenters. The summed E-state index contributed by atoms with van der Waals surface area (Å²) in [4.78, 5) is 26.9. The number of aromatic nitrogens is 8. The van der Waals surface area contributed by atoms with Gasteiger partial charge in [0.25, 0.3) is 0 Å². The van der Waals surface area contributed by atoms with Gasteiger partial charge in [0.2, 0.25) is 0 Å². The summed E-state index contributed by atoms with van der Waals surface area (Å²) < 4.78 is 0. The minimum absolute atomic E-state index is 0. The standard InChI is InChI=1S/2C25H28N6OS.H2O/c2*32-21(17-33-25-22-15-28-29-24(22)26-18-27-25)16-30-11-13-31(14-12-30)23(19-7-3-1-4-8-19)20-9-5-2-6-10-20;/h2*1-10,15,18,21,23,32H,11-14,16-17H2,(H,26,27,28,29);1H2. The van der Waals surface area contributed by atoms with Crippen molar-refractivity contribution in [3.05, 3.63) is 169 Å². The number of hydrogen-bond donors (Lipinski definition) is 4. The minimum Gasteiger partial charge on any atom is -0.412 e. The molecule has 0 aliphatic carbocycles. The molecule has 4 aromatic carbocycles. The van der Waals surface area contributed by atoms with E-state index in [1.54, 1.807) is 35.9 Å². The molecule has 348 valence electrons. The second-order valence-electron chi connectivity index (χ2n) is 16.7. The van der Waals surface area contributed by atoms with E-state index in [0.29, 0.717) is 24.6 Å². The van der Waals surface area contributed by atoms with Crippen LogP contribution in [0.1, 0.15) is 34.3 Å². The first-order valence-electron chi connectivity index (χ1n) is 22.6. The third-order valence-corrected chi connectivity index (χ3v) is 14.5. The van der Waals surface area contributed by atoms with E-state index in [9.17, 15) is 10.2 Å². The van der Waals surface area contributed by atoms with E-state index in [1.165, 1.54) is 34.9 Å². The highest BCUT2D eigenvalue weighted by atomic mass is 32.2. The van der Waals surface area contributed by atoms with E-state index in [2.05, 4.69) is 181 Å². The van der Waals surface area contributed by atoms with Crippen molar-refractivity contribution >= 4 is 45.6 Å². The minimum atomic E-state index is -0.419. The second-order valence-corrected chi connectivity index (χ2v) is 18.7. The van der Waals surface area contributed by atoms with Crippen LogP contribution in [0.4, 0.5) is 0 Å². The molecule has 6 heterocycles. The van der Waals surface area contributed by atoms with Gasteiger partial charge in [-0.3, -0.25) is 29.8 Å². The Hall–Kier alpha value is -5.60. The van der Waals surface area contributed by atoms with E-state index >= 15 is 0 Å². The molecule has 2 saturated heterocycles. The summed E-state index contributed by atoms with van der Waals surface area (Å²) in [6, 6.07) is 43.5. The van der Waals surface area contributed by atoms with E-state index in [-0.39, 0.29) is 17.6 Å². The van der Waals surface area contributed by atoms with Gasteiger partial charge in [0.1, 0.15) is 22.7 Å². The Balaban J connectivity index is 0.000000179. The largest absolute Gasteiger partial charge is 0.412 e. The number of fused-ring (bicyclic) bond motifs is 2. The molecule has 10 rings (SSSR count). The Morgan fingerprint density at radius 3 is 1.12 bits per heavy atom. The molecule has 2 aliphatic heterocycles. The second kappa shape index (κ2) is 23.9. The summed E-state index contributed by atoms with van der Waals surface area (Å²) in [7, 11) is 0. The normalized spacial score (nSPS) is 16.2. The first-order chi connectivity index (χ1) is 32.6. The van der Waals surface area contributed by atoms with Crippen LogP contribution < -0.4 is 0 Å². The van der Waals surface area contributed by atoms with Crippen LogP contribution in [0.2, 0.25) is 0 Å². The number of rotatable bonds is 16. The van der Waals surface area contributed by atoms with Gasteiger partial charge in [-0.25, -0.2) is 19.9 Å². The molecule has 0 amide bonds.